The summed E-state index contributed by atoms with van der Waals surface area (Å²) in [5.74, 6) is 0.278. The summed E-state index contributed by atoms with van der Waals surface area (Å²) >= 11 is 1.14. The first kappa shape index (κ1) is 9.98. The van der Waals surface area contributed by atoms with Crippen LogP contribution in [0.15, 0.2) is 45.9 Å². The molecule has 0 saturated carbocycles. The summed E-state index contributed by atoms with van der Waals surface area (Å²) in [6, 6.07) is 9.32. The third-order valence-corrected chi connectivity index (χ3v) is 2.76. The molecule has 1 heterocycles. The molecule has 0 unspecified atom stereocenters. The standard InChI is InChI=1S/C11H9NO2S/c1-8-2-4-9(5-3-8)15-11(13)10-6-7-12-14-10/h2-7H,1H3. The topological polar surface area (TPSA) is 43.1 Å². The molecule has 1 aromatic carbocycles. The summed E-state index contributed by atoms with van der Waals surface area (Å²) in [7, 11) is 0. The molecular formula is C11H9NO2S. The highest BCUT2D eigenvalue weighted by Gasteiger charge is 2.11. The molecule has 0 aliphatic heterocycles. The molecule has 15 heavy (non-hydrogen) atoms. The van der Waals surface area contributed by atoms with Gasteiger partial charge in [-0.3, -0.25) is 4.79 Å². The van der Waals surface area contributed by atoms with Crippen LogP contribution in [0, 0.1) is 6.92 Å². The number of hydrogen-bond donors (Lipinski definition) is 0. The molecule has 3 nitrogen and oxygen atoms in total. The monoisotopic (exact) mass is 219 g/mol. The fourth-order valence-electron chi connectivity index (χ4n) is 1.08. The van der Waals surface area contributed by atoms with Gasteiger partial charge in [-0.05, 0) is 30.8 Å². The minimum Gasteiger partial charge on any atom is -0.352 e. The number of carbonyl (C=O) groups is 1. The molecule has 0 N–H and O–H groups in total. The van der Waals surface area contributed by atoms with Gasteiger partial charge in [0.25, 0.3) is 5.12 Å². The maximum Gasteiger partial charge on any atom is 0.262 e. The van der Waals surface area contributed by atoms with Crippen molar-refractivity contribution in [3.63, 3.8) is 0 Å². The largest absolute Gasteiger partial charge is 0.352 e. The average Bonchev–Trinajstić information content (AvgIpc) is 2.74. The molecule has 76 valence electrons. The fourth-order valence-corrected chi connectivity index (χ4v) is 1.78. The van der Waals surface area contributed by atoms with Crippen molar-refractivity contribution < 1.29 is 9.32 Å². The summed E-state index contributed by atoms with van der Waals surface area (Å²) in [6.45, 7) is 2.01. The lowest BCUT2D eigenvalue weighted by Crippen LogP contribution is -1.89. The molecule has 0 radical (unpaired) electrons. The average molecular weight is 219 g/mol. The maximum absolute atomic E-state index is 11.6. The van der Waals surface area contributed by atoms with E-state index in [4.69, 9.17) is 4.52 Å². The second-order valence-electron chi connectivity index (χ2n) is 3.08. The third kappa shape index (κ3) is 2.47. The quantitative estimate of drug-likeness (QED) is 0.728. The molecule has 0 atom stereocenters. The molecule has 0 bridgehead atoms. The van der Waals surface area contributed by atoms with Crippen LogP contribution in [-0.4, -0.2) is 10.3 Å². The van der Waals surface area contributed by atoms with Gasteiger partial charge in [0.15, 0.2) is 0 Å². The maximum atomic E-state index is 11.6. The Kier molecular flexibility index (Phi) is 2.87. The Labute approximate surface area is 91.5 Å². The van der Waals surface area contributed by atoms with Crippen LogP contribution in [0.25, 0.3) is 0 Å². The van der Waals surface area contributed by atoms with Crippen LogP contribution in [-0.2, 0) is 0 Å². The second-order valence-corrected chi connectivity index (χ2v) is 4.13. The van der Waals surface area contributed by atoms with Gasteiger partial charge in [0.1, 0.15) is 0 Å². The number of nitrogens with zero attached hydrogens (tertiary/aromatic N) is 1. The number of thioether (sulfide) groups is 1. The van der Waals surface area contributed by atoms with Crippen LogP contribution in [0.4, 0.5) is 0 Å². The summed E-state index contributed by atoms with van der Waals surface area (Å²) < 4.78 is 4.77. The van der Waals surface area contributed by atoms with Gasteiger partial charge in [-0.1, -0.05) is 22.9 Å². The van der Waals surface area contributed by atoms with Crippen molar-refractivity contribution in [3.05, 3.63) is 47.9 Å². The van der Waals surface area contributed by atoms with Gasteiger partial charge in [0.2, 0.25) is 5.76 Å². The zero-order valence-corrected chi connectivity index (χ0v) is 8.95. The van der Waals surface area contributed by atoms with Gasteiger partial charge < -0.3 is 4.52 Å². The van der Waals surface area contributed by atoms with Crippen LogP contribution in [0.3, 0.4) is 0 Å². The van der Waals surface area contributed by atoms with E-state index in [0.717, 1.165) is 16.7 Å². The summed E-state index contributed by atoms with van der Waals surface area (Å²) in [4.78, 5) is 12.5. The van der Waals surface area contributed by atoms with Gasteiger partial charge in [-0.15, -0.1) is 0 Å². The van der Waals surface area contributed by atoms with Crippen molar-refractivity contribution in [2.45, 2.75) is 11.8 Å². The van der Waals surface area contributed by atoms with Crippen molar-refractivity contribution in [3.8, 4) is 0 Å². The van der Waals surface area contributed by atoms with Crippen molar-refractivity contribution in [1.82, 2.24) is 5.16 Å². The van der Waals surface area contributed by atoms with Crippen molar-refractivity contribution in [2.24, 2.45) is 0 Å². The van der Waals surface area contributed by atoms with Crippen molar-refractivity contribution in [1.29, 1.82) is 0 Å². The van der Waals surface area contributed by atoms with E-state index in [-0.39, 0.29) is 10.9 Å². The molecule has 0 aliphatic carbocycles. The van der Waals surface area contributed by atoms with Crippen LogP contribution >= 0.6 is 11.8 Å². The van der Waals surface area contributed by atoms with E-state index in [9.17, 15) is 4.79 Å². The van der Waals surface area contributed by atoms with Gasteiger partial charge in [-0.2, -0.15) is 0 Å². The Hall–Kier alpha value is -1.55. The van der Waals surface area contributed by atoms with Gasteiger partial charge in [-0.25, -0.2) is 0 Å². The lowest BCUT2D eigenvalue weighted by atomic mass is 10.2. The third-order valence-electron chi connectivity index (χ3n) is 1.87. The van der Waals surface area contributed by atoms with Crippen molar-refractivity contribution in [2.75, 3.05) is 0 Å². The second kappa shape index (κ2) is 4.31. The first-order chi connectivity index (χ1) is 7.25. The summed E-state index contributed by atoms with van der Waals surface area (Å²) in [5.41, 5.74) is 1.17. The lowest BCUT2D eigenvalue weighted by Gasteiger charge is -1.97. The normalized spacial score (nSPS) is 10.2. The molecule has 2 aromatic rings. The first-order valence-corrected chi connectivity index (χ1v) is 5.27. The molecule has 0 saturated heterocycles. The van der Waals surface area contributed by atoms with Crippen LogP contribution < -0.4 is 0 Å². The predicted molar refractivity (Wildman–Crippen MR) is 57.9 cm³/mol. The Bertz CT molecular complexity index is 448. The molecule has 0 fully saturated rings. The molecule has 0 spiro atoms. The predicted octanol–water partition coefficient (Wildman–Crippen LogP) is 2.92. The number of benzene rings is 1. The molecule has 2 rings (SSSR count). The molecule has 4 heteroatoms. The van der Waals surface area contributed by atoms with Gasteiger partial charge >= 0.3 is 0 Å². The number of hydrogen-bond acceptors (Lipinski definition) is 4. The van der Waals surface area contributed by atoms with E-state index in [2.05, 4.69) is 5.16 Å². The minimum absolute atomic E-state index is 0.128. The Balaban J connectivity index is 2.09. The van der Waals surface area contributed by atoms with E-state index >= 15 is 0 Å². The molecule has 0 amide bonds. The highest BCUT2D eigenvalue weighted by atomic mass is 32.2. The van der Waals surface area contributed by atoms with E-state index in [1.165, 1.54) is 11.8 Å². The summed E-state index contributed by atoms with van der Waals surface area (Å²) in [5, 5.41) is 3.36. The number of rotatable bonds is 2. The molecular weight excluding hydrogens is 210 g/mol. The van der Waals surface area contributed by atoms with E-state index in [1.807, 2.05) is 31.2 Å². The van der Waals surface area contributed by atoms with Crippen LogP contribution in [0.2, 0.25) is 0 Å². The van der Waals surface area contributed by atoms with Crippen molar-refractivity contribution >= 4 is 16.9 Å². The Morgan fingerprint density at radius 1 is 1.27 bits per heavy atom. The zero-order valence-electron chi connectivity index (χ0n) is 8.14. The SMILES string of the molecule is Cc1ccc(SC(=O)c2ccno2)cc1. The van der Waals surface area contributed by atoms with Crippen LogP contribution in [0.5, 0.6) is 0 Å². The van der Waals surface area contributed by atoms with Gasteiger partial charge in [0, 0.05) is 11.0 Å². The van der Waals surface area contributed by atoms with E-state index < -0.39 is 0 Å². The smallest absolute Gasteiger partial charge is 0.262 e. The summed E-state index contributed by atoms with van der Waals surface area (Å²) in [6.07, 6.45) is 1.46. The lowest BCUT2D eigenvalue weighted by molar-refractivity contribution is 0.105. The zero-order chi connectivity index (χ0) is 10.7. The van der Waals surface area contributed by atoms with E-state index in [1.54, 1.807) is 6.07 Å². The van der Waals surface area contributed by atoms with Crippen LogP contribution in [0.1, 0.15) is 16.1 Å². The van der Waals surface area contributed by atoms with E-state index in [0.29, 0.717) is 0 Å². The Morgan fingerprint density at radius 3 is 2.60 bits per heavy atom. The number of carbonyl (C=O) groups excluding carboxylic acids is 1. The first-order valence-electron chi connectivity index (χ1n) is 4.45. The van der Waals surface area contributed by atoms with Gasteiger partial charge in [0.05, 0.1) is 6.20 Å². The minimum atomic E-state index is -0.128. The molecule has 1 aromatic heterocycles. The number of aromatic nitrogens is 1. The fraction of sp³-hybridized carbons (Fsp3) is 0.0909. The molecule has 0 aliphatic rings. The Morgan fingerprint density at radius 2 is 2.00 bits per heavy atom. The number of aryl methyl sites for hydroxylation is 1. The highest BCUT2D eigenvalue weighted by molar-refractivity contribution is 8.14. The highest BCUT2D eigenvalue weighted by Crippen LogP contribution is 2.22.